The molecule has 8 heteroatoms. The zero-order chi connectivity index (χ0) is 37.8. The van der Waals surface area contributed by atoms with Gasteiger partial charge in [-0.05, 0) is 57.8 Å². The van der Waals surface area contributed by atoms with Gasteiger partial charge in [0.15, 0.2) is 12.1 Å². The lowest BCUT2D eigenvalue weighted by Gasteiger charge is -2.31. The number of likely N-dealkylation sites (N-methyl/N-ethyl adjacent to an activating group) is 1. The Balaban J connectivity index is 4.48. The molecule has 0 spiro atoms. The van der Waals surface area contributed by atoms with Crippen LogP contribution in [0.1, 0.15) is 142 Å². The Kier molecular flexibility index (Phi) is 32.1. The van der Waals surface area contributed by atoms with E-state index in [-0.39, 0.29) is 36.2 Å². The number of carbonyl (C=O) groups is 3. The number of carboxylic acid groups (broad SMARTS) is 1. The van der Waals surface area contributed by atoms with Crippen molar-refractivity contribution in [2.75, 3.05) is 41.0 Å². The highest BCUT2D eigenvalue weighted by Crippen LogP contribution is 2.13. The van der Waals surface area contributed by atoms with E-state index in [0.29, 0.717) is 19.3 Å². The smallest absolute Gasteiger partial charge is 0.362 e. The molecule has 0 heterocycles. The molecule has 0 saturated heterocycles. The fourth-order valence-electron chi connectivity index (χ4n) is 5.39. The largest absolute Gasteiger partial charge is 0.477 e. The van der Waals surface area contributed by atoms with E-state index in [2.05, 4.69) is 44.2 Å². The van der Waals surface area contributed by atoms with Gasteiger partial charge in [-0.1, -0.05) is 126 Å². The summed E-state index contributed by atoms with van der Waals surface area (Å²) in [4.78, 5) is 36.8. The molecule has 292 valence electrons. The van der Waals surface area contributed by atoms with Gasteiger partial charge in [-0.25, -0.2) is 4.79 Å². The minimum atomic E-state index is -0.884. The van der Waals surface area contributed by atoms with E-state index >= 15 is 0 Å². The summed E-state index contributed by atoms with van der Waals surface area (Å²) in [6.07, 6.45) is 39.7. The van der Waals surface area contributed by atoms with Crippen molar-refractivity contribution in [2.45, 2.75) is 154 Å². The molecule has 0 saturated carbocycles. The molecule has 0 aromatic carbocycles. The van der Waals surface area contributed by atoms with Crippen LogP contribution in [0.3, 0.4) is 0 Å². The molecule has 0 amide bonds. The molecule has 51 heavy (non-hydrogen) atoms. The lowest BCUT2D eigenvalue weighted by atomic mass is 10.1. The summed E-state index contributed by atoms with van der Waals surface area (Å²) >= 11 is 0. The van der Waals surface area contributed by atoms with Gasteiger partial charge in [-0.3, -0.25) is 9.59 Å². The van der Waals surface area contributed by atoms with E-state index in [1.807, 2.05) is 51.5 Å². The van der Waals surface area contributed by atoms with Crippen molar-refractivity contribution in [3.8, 4) is 0 Å². The van der Waals surface area contributed by atoms with Gasteiger partial charge < -0.3 is 23.8 Å². The molecule has 0 aliphatic heterocycles. The number of hydrogen-bond acceptors (Lipinski definition) is 6. The zero-order valence-electron chi connectivity index (χ0n) is 33.0. The van der Waals surface area contributed by atoms with Gasteiger partial charge in [-0.15, -0.1) is 0 Å². The third-order valence-corrected chi connectivity index (χ3v) is 8.50. The number of ether oxygens (including phenoxy) is 3. The maximum absolute atomic E-state index is 12.7. The van der Waals surface area contributed by atoms with Gasteiger partial charge >= 0.3 is 17.9 Å². The number of rotatable bonds is 34. The quantitative estimate of drug-likeness (QED) is 0.0233. The highest BCUT2D eigenvalue weighted by Gasteiger charge is 2.31. The Morgan fingerprint density at radius 1 is 0.608 bits per heavy atom. The third-order valence-electron chi connectivity index (χ3n) is 8.50. The second kappa shape index (κ2) is 34.1. The van der Waals surface area contributed by atoms with E-state index < -0.39 is 18.1 Å². The first-order chi connectivity index (χ1) is 24.6. The van der Waals surface area contributed by atoms with Gasteiger partial charge in [0.05, 0.1) is 34.4 Å². The maximum Gasteiger partial charge on any atom is 0.362 e. The van der Waals surface area contributed by atoms with Gasteiger partial charge in [0.1, 0.15) is 6.61 Å². The number of hydrogen-bond donors (Lipinski definition) is 1. The Bertz CT molecular complexity index is 1020. The lowest BCUT2D eigenvalue weighted by molar-refractivity contribution is -0.887. The van der Waals surface area contributed by atoms with Crippen molar-refractivity contribution in [3.05, 3.63) is 60.8 Å². The molecule has 2 unspecified atom stereocenters. The Morgan fingerprint density at radius 2 is 1.12 bits per heavy atom. The summed E-state index contributed by atoms with van der Waals surface area (Å²) in [6.45, 7) is 4.51. The minimum Gasteiger partial charge on any atom is -0.477 e. The van der Waals surface area contributed by atoms with Crippen LogP contribution >= 0.6 is 0 Å². The predicted molar refractivity (Wildman–Crippen MR) is 211 cm³/mol. The Morgan fingerprint density at radius 3 is 1.69 bits per heavy atom. The van der Waals surface area contributed by atoms with Crippen molar-refractivity contribution in [1.82, 2.24) is 0 Å². The first-order valence-corrected chi connectivity index (χ1v) is 19.9. The SMILES string of the molecule is CC/C=C/C=C/C=C/C=C/CCCCCCCC(=O)OC(COCCC(C(=O)O)[N+](C)(C)C)COC(=O)CCCCCCC/C=C/CCCCC. The summed E-state index contributed by atoms with van der Waals surface area (Å²) in [7, 11) is 5.50. The second-order valence-corrected chi connectivity index (χ2v) is 14.2. The molecule has 0 fully saturated rings. The normalized spacial score (nSPS) is 13.7. The van der Waals surface area contributed by atoms with Crippen LogP contribution in [0.5, 0.6) is 0 Å². The molecule has 0 radical (unpaired) electrons. The van der Waals surface area contributed by atoms with Gasteiger partial charge in [0.25, 0.3) is 0 Å². The molecule has 0 bridgehead atoms. The molecule has 8 nitrogen and oxygen atoms in total. The van der Waals surface area contributed by atoms with Crippen LogP contribution < -0.4 is 0 Å². The highest BCUT2D eigenvalue weighted by atomic mass is 16.6. The summed E-state index contributed by atoms with van der Waals surface area (Å²) in [5.41, 5.74) is 0. The molecule has 0 aliphatic carbocycles. The van der Waals surface area contributed by atoms with Gasteiger partial charge in [0.2, 0.25) is 0 Å². The molecular formula is C43H74NO7+. The van der Waals surface area contributed by atoms with E-state index in [9.17, 15) is 19.5 Å². The average Bonchev–Trinajstić information content (AvgIpc) is 3.08. The molecule has 0 rings (SSSR count). The van der Waals surface area contributed by atoms with Crippen LogP contribution in [0.2, 0.25) is 0 Å². The van der Waals surface area contributed by atoms with Crippen LogP contribution in [0, 0.1) is 0 Å². The summed E-state index contributed by atoms with van der Waals surface area (Å²) in [5, 5.41) is 9.59. The van der Waals surface area contributed by atoms with Crippen LogP contribution in [-0.2, 0) is 28.6 Å². The summed E-state index contributed by atoms with van der Waals surface area (Å²) in [5.74, 6) is -1.52. The third kappa shape index (κ3) is 32.7. The first-order valence-electron chi connectivity index (χ1n) is 19.9. The van der Waals surface area contributed by atoms with Gasteiger partial charge in [0, 0.05) is 19.3 Å². The van der Waals surface area contributed by atoms with E-state index in [4.69, 9.17) is 14.2 Å². The topological polar surface area (TPSA) is 99.1 Å². The van der Waals surface area contributed by atoms with E-state index in [1.165, 1.54) is 32.1 Å². The van der Waals surface area contributed by atoms with Crippen molar-refractivity contribution < 1.29 is 38.2 Å². The van der Waals surface area contributed by atoms with Crippen molar-refractivity contribution in [2.24, 2.45) is 0 Å². The number of nitrogens with zero attached hydrogens (tertiary/aromatic N) is 1. The van der Waals surface area contributed by atoms with Crippen LogP contribution in [-0.4, -0.2) is 80.6 Å². The monoisotopic (exact) mass is 717 g/mol. The second-order valence-electron chi connectivity index (χ2n) is 14.2. The number of aliphatic carboxylic acids is 1. The molecule has 0 aromatic rings. The number of allylic oxidation sites excluding steroid dienone is 10. The molecular weight excluding hydrogens is 642 g/mol. The molecule has 2 atom stereocenters. The Hall–Kier alpha value is -2.97. The fourth-order valence-corrected chi connectivity index (χ4v) is 5.39. The predicted octanol–water partition coefficient (Wildman–Crippen LogP) is 10.2. The van der Waals surface area contributed by atoms with Crippen LogP contribution in [0.4, 0.5) is 0 Å². The maximum atomic E-state index is 12.7. The van der Waals surface area contributed by atoms with Crippen LogP contribution in [0.25, 0.3) is 0 Å². The highest BCUT2D eigenvalue weighted by molar-refractivity contribution is 5.72. The number of esters is 2. The Labute approximate surface area is 311 Å². The molecule has 0 aromatic heterocycles. The summed E-state index contributed by atoms with van der Waals surface area (Å²) < 4.78 is 17.2. The first kappa shape index (κ1) is 48.0. The number of carbonyl (C=O) groups excluding carboxylic acids is 2. The van der Waals surface area contributed by atoms with Crippen molar-refractivity contribution in [1.29, 1.82) is 0 Å². The standard InChI is InChI=1S/C43H73NO7/c1-6-8-10-12-14-16-18-20-21-22-24-26-28-30-32-34-42(46)51-39(37-49-36-35-40(43(47)48)44(3,4)5)38-50-41(45)33-31-29-27-25-23-19-17-15-13-11-9-7-2/h8,10,12,14-18,20-21,39-40H,6-7,9,11,13,19,22-38H2,1-5H3/p+1/b10-8+,14-12+,17-15+,18-16+,21-20+. The summed E-state index contributed by atoms with van der Waals surface area (Å²) in [6, 6.07) is -0.621. The number of carboxylic acids is 1. The van der Waals surface area contributed by atoms with E-state index in [0.717, 1.165) is 77.0 Å². The van der Waals surface area contributed by atoms with Crippen molar-refractivity contribution >= 4 is 17.9 Å². The average molecular weight is 717 g/mol. The van der Waals surface area contributed by atoms with Gasteiger partial charge in [-0.2, -0.15) is 0 Å². The van der Waals surface area contributed by atoms with Crippen molar-refractivity contribution in [3.63, 3.8) is 0 Å². The lowest BCUT2D eigenvalue weighted by Crippen LogP contribution is -2.50. The molecule has 1 N–H and O–H groups in total. The number of quaternary nitrogens is 1. The molecule has 0 aliphatic rings. The minimum absolute atomic E-state index is 0.0461. The zero-order valence-corrected chi connectivity index (χ0v) is 33.0. The van der Waals surface area contributed by atoms with Crippen LogP contribution in [0.15, 0.2) is 60.8 Å². The van der Waals surface area contributed by atoms with E-state index in [1.54, 1.807) is 0 Å². The fraction of sp³-hybridized carbons (Fsp3) is 0.698. The number of unbranched alkanes of at least 4 members (excludes halogenated alkanes) is 13.